The topological polar surface area (TPSA) is 66.6 Å². The van der Waals surface area contributed by atoms with Crippen LogP contribution in [0.15, 0.2) is 24.3 Å². The van der Waals surface area contributed by atoms with Gasteiger partial charge in [-0.1, -0.05) is 12.1 Å². The van der Waals surface area contributed by atoms with E-state index >= 15 is 0 Å². The smallest absolute Gasteiger partial charge is 0.338 e. The molecule has 0 aliphatic carbocycles. The number of likely N-dealkylation sites (tertiary alicyclic amines) is 2. The number of hydrogen-bond acceptors (Lipinski definition) is 3. The molecule has 0 radical (unpaired) electrons. The summed E-state index contributed by atoms with van der Waals surface area (Å²) in [6, 6.07) is 4.80. The standard InChI is InChI=1S/C20H26F3N3O2/c1-13(24)17-7-2-3-8-26(17)19(28)15-10-18(27)25(12-15)11-14-5-4-6-16(9-14)20(21,22)23/h4-6,9,13,15,17H,2-3,7-8,10-12,24H2,1H3. The monoisotopic (exact) mass is 397 g/mol. The lowest BCUT2D eigenvalue weighted by molar-refractivity contribution is -0.140. The van der Waals surface area contributed by atoms with Crippen LogP contribution >= 0.6 is 0 Å². The summed E-state index contributed by atoms with van der Waals surface area (Å²) in [7, 11) is 0. The number of carbonyl (C=O) groups excluding carboxylic acids is 2. The Kier molecular flexibility index (Phi) is 5.98. The van der Waals surface area contributed by atoms with E-state index in [1.165, 1.54) is 11.0 Å². The van der Waals surface area contributed by atoms with E-state index in [0.29, 0.717) is 12.1 Å². The summed E-state index contributed by atoms with van der Waals surface area (Å²) in [6.45, 7) is 2.83. The fourth-order valence-electron chi connectivity index (χ4n) is 4.17. The number of hydrogen-bond donors (Lipinski definition) is 1. The number of nitrogens with two attached hydrogens (primary N) is 1. The van der Waals surface area contributed by atoms with Crippen LogP contribution in [0, 0.1) is 5.92 Å². The van der Waals surface area contributed by atoms with Gasteiger partial charge in [0.2, 0.25) is 11.8 Å². The average molecular weight is 397 g/mol. The first-order valence-corrected chi connectivity index (χ1v) is 9.67. The van der Waals surface area contributed by atoms with Crippen molar-refractivity contribution < 1.29 is 22.8 Å². The minimum absolute atomic E-state index is 0.0196. The van der Waals surface area contributed by atoms with Crippen molar-refractivity contribution in [2.24, 2.45) is 11.7 Å². The normalized spacial score (nSPS) is 24.5. The first-order valence-electron chi connectivity index (χ1n) is 9.67. The molecule has 2 N–H and O–H groups in total. The molecule has 1 aromatic rings. The highest BCUT2D eigenvalue weighted by Gasteiger charge is 2.40. The van der Waals surface area contributed by atoms with Gasteiger partial charge in [0, 0.05) is 38.1 Å². The van der Waals surface area contributed by atoms with E-state index < -0.39 is 17.7 Å². The maximum atomic E-state index is 13.0. The number of rotatable bonds is 4. The maximum absolute atomic E-state index is 13.0. The Bertz CT molecular complexity index is 736. The summed E-state index contributed by atoms with van der Waals surface area (Å²) < 4.78 is 38.7. The van der Waals surface area contributed by atoms with Gasteiger partial charge in [0.25, 0.3) is 0 Å². The predicted molar refractivity (Wildman–Crippen MR) is 98.0 cm³/mol. The second-order valence-corrected chi connectivity index (χ2v) is 7.83. The van der Waals surface area contributed by atoms with Crippen LogP contribution in [0.4, 0.5) is 13.2 Å². The predicted octanol–water partition coefficient (Wildman–Crippen LogP) is 2.78. The number of amides is 2. The SMILES string of the molecule is CC(N)C1CCCCN1C(=O)C1CC(=O)N(Cc2cccc(C(F)(F)F)c2)C1. The number of alkyl halides is 3. The Morgan fingerprint density at radius 2 is 2.07 bits per heavy atom. The first kappa shape index (κ1) is 20.6. The van der Waals surface area contributed by atoms with Crippen molar-refractivity contribution in [1.29, 1.82) is 0 Å². The van der Waals surface area contributed by atoms with Gasteiger partial charge in [-0.3, -0.25) is 9.59 Å². The zero-order chi connectivity index (χ0) is 20.5. The second-order valence-electron chi connectivity index (χ2n) is 7.83. The zero-order valence-electron chi connectivity index (χ0n) is 15.9. The lowest BCUT2D eigenvalue weighted by atomic mass is 9.94. The van der Waals surface area contributed by atoms with Crippen molar-refractivity contribution in [3.05, 3.63) is 35.4 Å². The molecule has 2 fully saturated rings. The highest BCUT2D eigenvalue weighted by molar-refractivity contribution is 5.89. The van der Waals surface area contributed by atoms with Crippen LogP contribution in [-0.4, -0.2) is 46.8 Å². The Morgan fingerprint density at radius 1 is 1.32 bits per heavy atom. The maximum Gasteiger partial charge on any atom is 0.416 e. The lowest BCUT2D eigenvalue weighted by Gasteiger charge is -2.39. The molecule has 2 aliphatic heterocycles. The van der Waals surface area contributed by atoms with Crippen LogP contribution in [0.3, 0.4) is 0 Å². The fraction of sp³-hybridized carbons (Fsp3) is 0.600. The summed E-state index contributed by atoms with van der Waals surface area (Å²) in [5.74, 6) is -0.732. The Labute approximate surface area is 162 Å². The lowest BCUT2D eigenvalue weighted by Crippen LogP contribution is -2.53. The van der Waals surface area contributed by atoms with Gasteiger partial charge in [-0.25, -0.2) is 0 Å². The fourth-order valence-corrected chi connectivity index (χ4v) is 4.17. The van der Waals surface area contributed by atoms with Crippen molar-refractivity contribution in [3.8, 4) is 0 Å². The largest absolute Gasteiger partial charge is 0.416 e. The third kappa shape index (κ3) is 4.48. The molecule has 1 aromatic carbocycles. The number of benzene rings is 1. The molecule has 0 saturated carbocycles. The summed E-state index contributed by atoms with van der Waals surface area (Å²) in [5, 5.41) is 0. The Balaban J connectivity index is 1.67. The molecule has 2 aliphatic rings. The van der Waals surface area contributed by atoms with Crippen molar-refractivity contribution in [3.63, 3.8) is 0 Å². The number of nitrogens with zero attached hydrogens (tertiary/aromatic N) is 2. The van der Waals surface area contributed by atoms with Crippen molar-refractivity contribution >= 4 is 11.8 Å². The molecule has 2 saturated heterocycles. The van der Waals surface area contributed by atoms with Crippen LogP contribution in [0.2, 0.25) is 0 Å². The molecule has 28 heavy (non-hydrogen) atoms. The zero-order valence-corrected chi connectivity index (χ0v) is 15.9. The van der Waals surface area contributed by atoms with Crippen LogP contribution in [0.25, 0.3) is 0 Å². The first-order chi connectivity index (χ1) is 13.2. The van der Waals surface area contributed by atoms with Gasteiger partial charge in [0.05, 0.1) is 11.5 Å². The van der Waals surface area contributed by atoms with Gasteiger partial charge >= 0.3 is 6.18 Å². The number of halogens is 3. The summed E-state index contributed by atoms with van der Waals surface area (Å²) in [4.78, 5) is 28.6. The molecule has 3 rings (SSSR count). The molecule has 2 heterocycles. The second kappa shape index (κ2) is 8.11. The molecular formula is C20H26F3N3O2. The van der Waals surface area contributed by atoms with Gasteiger partial charge in [-0.2, -0.15) is 13.2 Å². The molecule has 8 heteroatoms. The van der Waals surface area contributed by atoms with E-state index in [1.807, 2.05) is 6.92 Å². The minimum atomic E-state index is -4.42. The summed E-state index contributed by atoms with van der Waals surface area (Å²) >= 11 is 0. The van der Waals surface area contributed by atoms with Crippen molar-refractivity contribution in [2.75, 3.05) is 13.1 Å². The quantitative estimate of drug-likeness (QED) is 0.850. The van der Waals surface area contributed by atoms with E-state index in [1.54, 1.807) is 11.0 Å². The van der Waals surface area contributed by atoms with E-state index in [-0.39, 0.29) is 43.4 Å². The minimum Gasteiger partial charge on any atom is -0.338 e. The Morgan fingerprint density at radius 3 is 2.75 bits per heavy atom. The van der Waals surface area contributed by atoms with Crippen LogP contribution in [0.5, 0.6) is 0 Å². The summed E-state index contributed by atoms with van der Waals surface area (Å²) in [5.41, 5.74) is 5.70. The number of carbonyl (C=O) groups is 2. The third-order valence-electron chi connectivity index (χ3n) is 5.63. The van der Waals surface area contributed by atoms with Gasteiger partial charge in [-0.05, 0) is 43.9 Å². The van der Waals surface area contributed by atoms with Gasteiger partial charge < -0.3 is 15.5 Å². The third-order valence-corrected chi connectivity index (χ3v) is 5.63. The molecule has 3 atom stereocenters. The van der Waals surface area contributed by atoms with Gasteiger partial charge in [0.15, 0.2) is 0 Å². The van der Waals surface area contributed by atoms with Crippen molar-refractivity contribution in [1.82, 2.24) is 9.80 Å². The molecular weight excluding hydrogens is 371 g/mol. The van der Waals surface area contributed by atoms with E-state index in [4.69, 9.17) is 5.73 Å². The van der Waals surface area contributed by atoms with E-state index in [2.05, 4.69) is 0 Å². The van der Waals surface area contributed by atoms with Crippen LogP contribution < -0.4 is 5.73 Å². The molecule has 0 bridgehead atoms. The Hall–Kier alpha value is -2.09. The van der Waals surface area contributed by atoms with Gasteiger partial charge in [0.1, 0.15) is 0 Å². The summed E-state index contributed by atoms with van der Waals surface area (Å²) in [6.07, 6.45) is -1.52. The van der Waals surface area contributed by atoms with Crippen molar-refractivity contribution in [2.45, 2.75) is 57.4 Å². The molecule has 5 nitrogen and oxygen atoms in total. The molecule has 154 valence electrons. The van der Waals surface area contributed by atoms with Gasteiger partial charge in [-0.15, -0.1) is 0 Å². The van der Waals surface area contributed by atoms with E-state index in [9.17, 15) is 22.8 Å². The van der Waals surface area contributed by atoms with Crippen LogP contribution in [0.1, 0.15) is 43.7 Å². The van der Waals surface area contributed by atoms with Crippen LogP contribution in [-0.2, 0) is 22.3 Å². The highest BCUT2D eigenvalue weighted by atomic mass is 19.4. The average Bonchev–Trinajstić information content (AvgIpc) is 3.01. The molecule has 0 spiro atoms. The van der Waals surface area contributed by atoms with E-state index in [0.717, 1.165) is 31.4 Å². The number of piperidine rings is 1. The molecule has 0 aromatic heterocycles. The highest BCUT2D eigenvalue weighted by Crippen LogP contribution is 2.31. The molecule has 2 amide bonds. The molecule has 3 unspecified atom stereocenters.